The first kappa shape index (κ1) is 92.3. The number of carbonyl (C=O) groups is 28. The molecule has 0 radical (unpaired) electrons. The van der Waals surface area contributed by atoms with E-state index in [1.165, 1.54) is 0 Å². The first-order valence-electron chi connectivity index (χ1n) is 46.0. The van der Waals surface area contributed by atoms with E-state index in [4.69, 9.17) is 33.2 Å². The molecule has 6 bridgehead atoms. The number of cyclic esters (lactones) is 28. The molecule has 0 aromatic heterocycles. The van der Waals surface area contributed by atoms with Gasteiger partial charge in [0.1, 0.15) is 0 Å². The molecule has 3 spiro atoms. The predicted octanol–water partition coefficient (Wildman–Crippen LogP) is 2.72. The maximum atomic E-state index is 12.2. The zero-order valence-electron chi connectivity index (χ0n) is 73.1. The van der Waals surface area contributed by atoms with Crippen LogP contribution in [0.2, 0.25) is 0 Å². The Morgan fingerprint density at radius 1 is 0.223 bits per heavy atom. The minimum absolute atomic E-state index is 0.0104. The van der Waals surface area contributed by atoms with Crippen LogP contribution in [0.15, 0.2) is 72.8 Å². The molecule has 42 nitrogen and oxygen atoms in total. The second kappa shape index (κ2) is 34.6. The Morgan fingerprint density at radius 3 is 1.13 bits per heavy atom. The quantitative estimate of drug-likeness (QED) is 0.157. The molecule has 139 heavy (non-hydrogen) atoms. The van der Waals surface area contributed by atoms with Gasteiger partial charge in [-0.15, -0.1) is 0 Å². The molecular weight excluding hydrogens is 1840 g/mol. The number of hydrogen-bond donors (Lipinski definition) is 0. The van der Waals surface area contributed by atoms with Crippen molar-refractivity contribution in [1.29, 1.82) is 0 Å². The lowest BCUT2D eigenvalue weighted by Gasteiger charge is -2.40. The van der Waals surface area contributed by atoms with Crippen molar-refractivity contribution in [1.82, 2.24) is 0 Å². The summed E-state index contributed by atoms with van der Waals surface area (Å²) in [6.07, 6.45) is 6.55. The third-order valence-corrected chi connectivity index (χ3v) is 33.0. The van der Waals surface area contributed by atoms with E-state index in [1.54, 1.807) is 12.1 Å². The summed E-state index contributed by atoms with van der Waals surface area (Å²) >= 11 is 0. The Hall–Kier alpha value is -14.4. The number of carbonyl (C=O) groups excluding carboxylic acids is 28. The largest absolute Gasteiger partial charge is 0.393 e. The molecule has 7 saturated carbocycles. The monoisotopic (exact) mass is 1920 g/mol. The molecule has 26 rings (SSSR count). The van der Waals surface area contributed by atoms with Crippen molar-refractivity contribution >= 4 is 167 Å². The van der Waals surface area contributed by atoms with E-state index in [0.29, 0.717) is 89.9 Å². The van der Waals surface area contributed by atoms with Gasteiger partial charge in [0.25, 0.3) is 0 Å². The number of benzene rings is 3. The van der Waals surface area contributed by atoms with Crippen LogP contribution in [0.3, 0.4) is 0 Å². The maximum Gasteiger partial charge on any atom is 0.321 e. The normalized spacial score (nSPS) is 38.2. The Kier molecular flexibility index (Phi) is 23.0. The van der Waals surface area contributed by atoms with Crippen LogP contribution in [-0.4, -0.2) is 167 Å². The third kappa shape index (κ3) is 15.9. The molecule has 14 aliphatic heterocycles. The molecule has 21 fully saturated rings. The number of esters is 28. The number of ether oxygens (including phenoxy) is 14. The predicted molar refractivity (Wildman–Crippen MR) is 429 cm³/mol. The van der Waals surface area contributed by atoms with Gasteiger partial charge in [-0.3, -0.25) is 134 Å². The lowest BCUT2D eigenvalue weighted by molar-refractivity contribution is -0.176. The minimum Gasteiger partial charge on any atom is -0.393 e. The molecular formula is C97H82O42. The van der Waals surface area contributed by atoms with E-state index in [-0.39, 0.29) is 92.8 Å². The second-order valence-corrected chi connectivity index (χ2v) is 40.1. The van der Waals surface area contributed by atoms with Crippen molar-refractivity contribution in [3.63, 3.8) is 0 Å². The van der Waals surface area contributed by atoms with Crippen molar-refractivity contribution < 1.29 is 201 Å². The number of rotatable bonds is 3. The molecule has 26 unspecified atom stereocenters. The first-order valence-corrected chi connectivity index (χ1v) is 46.0. The van der Waals surface area contributed by atoms with Gasteiger partial charge < -0.3 is 66.3 Å². The molecule has 14 saturated heterocycles. The SMILES string of the molecule is O=C1CC(C2c3ccccc3CC3C(=O)OC(=O)C32)C(=O)O1.O=C1CC(c2cccc3c2CC2C(=O)OC(=O)C2C3)C(=O)O1.O=C1CC2(CC3C(=O)OC(=O)C3C(c3ccccc3)C2)C(=O)O1.O=C1CC2(CCC3C(=O)OC(=O)C3C2)C(=O)O1.O=C1CC2(CCC3C(=O)OC(=O)C3C2)CC(=O)O1.O=C1OC(=O)C2CC1C1C3CC(C(=O)OC3=O)C21.O=C1OC(=O)C2CC3C4CC(C(=O)OC4=O)C3CC12. The fraction of sp³-hybridized carbons (Fsp3) is 0.526. The molecule has 26 atom stereocenters. The number of hydrogen-bond acceptors (Lipinski definition) is 42. The van der Waals surface area contributed by atoms with E-state index in [9.17, 15) is 134 Å². The fourth-order valence-electron chi connectivity index (χ4n) is 26.8. The van der Waals surface area contributed by atoms with Crippen molar-refractivity contribution in [2.45, 2.75) is 159 Å². The van der Waals surface area contributed by atoms with Crippen LogP contribution in [0.25, 0.3) is 0 Å². The zero-order valence-corrected chi connectivity index (χ0v) is 73.1. The van der Waals surface area contributed by atoms with E-state index in [2.05, 4.69) is 33.2 Å². The highest BCUT2D eigenvalue weighted by molar-refractivity contribution is 6.06. The van der Waals surface area contributed by atoms with Crippen LogP contribution < -0.4 is 0 Å². The summed E-state index contributed by atoms with van der Waals surface area (Å²) < 4.78 is 65.4. The summed E-state index contributed by atoms with van der Waals surface area (Å²) in [4.78, 5) is 327. The first-order chi connectivity index (χ1) is 66.2. The molecule has 722 valence electrons. The molecule has 42 heteroatoms. The van der Waals surface area contributed by atoms with Gasteiger partial charge in [-0.1, -0.05) is 72.8 Å². The van der Waals surface area contributed by atoms with E-state index >= 15 is 0 Å². The van der Waals surface area contributed by atoms with Crippen LogP contribution in [0.4, 0.5) is 0 Å². The van der Waals surface area contributed by atoms with E-state index in [0.717, 1.165) is 33.4 Å². The van der Waals surface area contributed by atoms with Crippen molar-refractivity contribution in [3.05, 3.63) is 106 Å². The zero-order chi connectivity index (χ0) is 98.1. The molecule has 3 aromatic carbocycles. The Morgan fingerprint density at radius 2 is 0.604 bits per heavy atom. The van der Waals surface area contributed by atoms with Gasteiger partial charge in [0.2, 0.25) is 0 Å². The summed E-state index contributed by atoms with van der Waals surface area (Å²) in [6, 6.07) is 22.1. The molecule has 0 N–H and O–H groups in total. The highest BCUT2D eigenvalue weighted by atomic mass is 16.6. The summed E-state index contributed by atoms with van der Waals surface area (Å²) in [6.45, 7) is 0. The summed E-state index contributed by atoms with van der Waals surface area (Å²) in [5.74, 6) is -26.5. The topological polar surface area (TPSA) is 607 Å². The molecule has 9 aliphatic carbocycles. The second-order valence-electron chi connectivity index (χ2n) is 40.1. The lowest BCUT2D eigenvalue weighted by Crippen LogP contribution is -2.42. The third-order valence-electron chi connectivity index (χ3n) is 33.0. The molecule has 0 amide bonds. The van der Waals surface area contributed by atoms with Gasteiger partial charge in [-0.25, -0.2) is 0 Å². The standard InChI is InChI=1S/C17H14O6.2C16H12O6.C13H12O6.C12H10O6.C12H12O6.C11H10O6/c18-12-8-17(16(21)22-12)6-10(9-4-2-1-3-5-9)13-11(7-17)14(19)23-15(13)20;17-13-6-12(14(18)21-13)8-3-1-2-7-4-10-11(5-9(7)8)16(20)22-15(10)19;17-11-6-10(14(18)21-11)12-8-4-2-1-3-7(8)5-9-13(12)16(20)22-15(9)19;14-10-6-3-7(11(15)18-10)5-2-9-8(1-4(5)6)12(16)19-13(9)17;13-9-3-1-4(10(14)17-9)8-6-2-5(7(3)8)11(15)18-12(6)16;13-8-4-12(5-9(14)17-8)2-1-6-7(3-12)11(16)18-10(6)15;12-7-4-11(10(15)16-7)2-1-5-6(3-11)9(14)17-8(5)13/h1-5,10-11,13H,6-8H2;1-3,10-12H,4-6H2;1-4,9-10,12-13H,5-6H2;4-9H,1-3H2;3-8H,1-2H2;6-7H,1-5H2;5-6H,1-4H2. The van der Waals surface area contributed by atoms with Gasteiger partial charge in [0.05, 0.1) is 168 Å². The van der Waals surface area contributed by atoms with Gasteiger partial charge in [0.15, 0.2) is 0 Å². The number of fused-ring (bicyclic) bond motifs is 22. The Labute approximate surface area is 781 Å². The summed E-state index contributed by atoms with van der Waals surface area (Å²) in [7, 11) is 0. The van der Waals surface area contributed by atoms with Crippen molar-refractivity contribution in [3.8, 4) is 0 Å². The van der Waals surface area contributed by atoms with Crippen LogP contribution in [0.1, 0.15) is 173 Å². The van der Waals surface area contributed by atoms with E-state index in [1.807, 2.05) is 60.7 Å². The molecule has 3 aromatic rings. The van der Waals surface area contributed by atoms with Crippen LogP contribution in [-0.2, 0) is 220 Å². The van der Waals surface area contributed by atoms with Gasteiger partial charge in [-0.2, -0.15) is 0 Å². The van der Waals surface area contributed by atoms with Crippen LogP contribution >= 0.6 is 0 Å². The van der Waals surface area contributed by atoms with Crippen molar-refractivity contribution in [2.75, 3.05) is 0 Å². The smallest absolute Gasteiger partial charge is 0.321 e. The Bertz CT molecular complexity index is 6020. The summed E-state index contributed by atoms with van der Waals surface area (Å²) in [5, 5.41) is 0. The van der Waals surface area contributed by atoms with Gasteiger partial charge >= 0.3 is 167 Å². The average molecular weight is 1920 g/mol. The summed E-state index contributed by atoms with van der Waals surface area (Å²) in [5.41, 5.74) is 2.67. The lowest BCUT2D eigenvalue weighted by atomic mass is 9.59. The molecule has 23 aliphatic rings. The van der Waals surface area contributed by atoms with Crippen LogP contribution in [0.5, 0.6) is 0 Å². The highest BCUT2D eigenvalue weighted by Gasteiger charge is 2.70. The minimum atomic E-state index is -1.03. The Balaban J connectivity index is 0.000000100. The maximum absolute atomic E-state index is 12.2. The van der Waals surface area contributed by atoms with Gasteiger partial charge in [0, 0.05) is 5.92 Å². The fourth-order valence-corrected chi connectivity index (χ4v) is 26.8. The molecule has 14 heterocycles. The highest BCUT2D eigenvalue weighted by Crippen LogP contribution is 2.63. The van der Waals surface area contributed by atoms with Crippen molar-refractivity contribution in [2.24, 2.45) is 152 Å². The van der Waals surface area contributed by atoms with E-state index < -0.39 is 296 Å². The van der Waals surface area contributed by atoms with Gasteiger partial charge in [-0.05, 0) is 171 Å². The average Bonchev–Trinajstić information content (AvgIpc) is 1.24. The van der Waals surface area contributed by atoms with Crippen LogP contribution in [0, 0.1) is 152 Å².